The van der Waals surface area contributed by atoms with Gasteiger partial charge in [-0.3, -0.25) is 0 Å². The zero-order valence-corrected chi connectivity index (χ0v) is 7.94. The molecular weight excluding hydrogens is 170 g/mol. The van der Waals surface area contributed by atoms with Gasteiger partial charge < -0.3 is 10.5 Å². The molecule has 0 heterocycles. The van der Waals surface area contributed by atoms with Crippen LogP contribution in [0.15, 0.2) is 18.2 Å². The number of benzene rings is 1. The maximum Gasteiger partial charge on any atom is 0.119 e. The summed E-state index contributed by atoms with van der Waals surface area (Å²) < 4.78 is 5.04. The summed E-state index contributed by atoms with van der Waals surface area (Å²) in [4.78, 5) is 0.784. The maximum atomic E-state index is 5.70. The third-order valence-corrected chi connectivity index (χ3v) is 1.86. The fraction of sp³-hybridized carbons (Fsp3) is 0.222. The minimum atomic E-state index is 0.698. The molecule has 0 aromatic heterocycles. The molecule has 64 valence electrons. The molecule has 2 nitrogen and oxygen atoms in total. The molecule has 0 aliphatic heterocycles. The first-order valence-electron chi connectivity index (χ1n) is 3.59. The van der Waals surface area contributed by atoms with Gasteiger partial charge in [-0.25, -0.2) is 0 Å². The van der Waals surface area contributed by atoms with Gasteiger partial charge in [-0.1, -0.05) is 12.2 Å². The van der Waals surface area contributed by atoms with Crippen molar-refractivity contribution in [2.75, 3.05) is 12.8 Å². The molecule has 1 rings (SSSR count). The van der Waals surface area contributed by atoms with Crippen LogP contribution in [0.4, 0.5) is 5.69 Å². The lowest BCUT2D eigenvalue weighted by molar-refractivity contribution is 0.415. The summed E-state index contributed by atoms with van der Waals surface area (Å²) >= 11 is 5.02. The Morgan fingerprint density at radius 1 is 1.50 bits per heavy atom. The van der Waals surface area contributed by atoms with Gasteiger partial charge in [0.15, 0.2) is 0 Å². The van der Waals surface area contributed by atoms with E-state index in [0.29, 0.717) is 5.69 Å². The highest BCUT2D eigenvalue weighted by Crippen LogP contribution is 2.19. The van der Waals surface area contributed by atoms with E-state index in [0.717, 1.165) is 16.2 Å². The molecule has 0 bridgehead atoms. The predicted molar refractivity (Wildman–Crippen MR) is 54.8 cm³/mol. The first kappa shape index (κ1) is 9.00. The van der Waals surface area contributed by atoms with Crippen LogP contribution in [-0.2, 0) is 0 Å². The predicted octanol–water partition coefficient (Wildman–Crippen LogP) is 2.02. The molecule has 0 spiro atoms. The number of nitrogen functional groups attached to an aromatic ring is 1. The summed E-state index contributed by atoms with van der Waals surface area (Å²) in [6.45, 7) is 1.85. The third-order valence-electron chi connectivity index (χ3n) is 1.64. The highest BCUT2D eigenvalue weighted by Gasteiger charge is 2.02. The molecule has 0 atom stereocenters. The largest absolute Gasteiger partial charge is 0.497 e. The quantitative estimate of drug-likeness (QED) is 0.430. The molecule has 3 heteroatoms. The Morgan fingerprint density at radius 3 is 2.67 bits per heavy atom. The topological polar surface area (TPSA) is 35.2 Å². The number of nitrogens with two attached hydrogens (primary N) is 1. The molecule has 0 fully saturated rings. The van der Waals surface area contributed by atoms with Gasteiger partial charge in [0.1, 0.15) is 5.75 Å². The van der Waals surface area contributed by atoms with Crippen molar-refractivity contribution in [3.05, 3.63) is 23.8 Å². The van der Waals surface area contributed by atoms with Crippen LogP contribution < -0.4 is 10.5 Å². The van der Waals surface area contributed by atoms with Crippen molar-refractivity contribution >= 4 is 22.8 Å². The third kappa shape index (κ3) is 1.74. The first-order valence-corrected chi connectivity index (χ1v) is 4.00. The standard InChI is InChI=1S/C9H11NOS/c1-6(12)8-5-7(11-2)3-4-9(8)10/h3-5H,10H2,1-2H3. The number of hydrogen-bond acceptors (Lipinski definition) is 3. The molecule has 0 saturated heterocycles. The normalized spacial score (nSPS) is 9.50. The van der Waals surface area contributed by atoms with Crippen molar-refractivity contribution in [3.8, 4) is 5.75 Å². The van der Waals surface area contributed by atoms with Gasteiger partial charge in [0.25, 0.3) is 0 Å². The number of methoxy groups -OCH3 is 1. The van der Waals surface area contributed by atoms with E-state index in [9.17, 15) is 0 Å². The fourth-order valence-corrected chi connectivity index (χ4v) is 1.14. The Morgan fingerprint density at radius 2 is 2.17 bits per heavy atom. The van der Waals surface area contributed by atoms with E-state index in [1.54, 1.807) is 13.2 Å². The minimum Gasteiger partial charge on any atom is -0.497 e. The van der Waals surface area contributed by atoms with Crippen LogP contribution in [0.5, 0.6) is 5.75 Å². The molecule has 0 unspecified atom stereocenters. The van der Waals surface area contributed by atoms with Crippen LogP contribution in [0.2, 0.25) is 0 Å². The molecule has 0 radical (unpaired) electrons. The fourth-order valence-electron chi connectivity index (χ4n) is 0.967. The molecule has 0 aliphatic carbocycles. The average molecular weight is 181 g/mol. The molecule has 0 saturated carbocycles. The number of rotatable bonds is 2. The first-order chi connectivity index (χ1) is 5.65. The van der Waals surface area contributed by atoms with Crippen LogP contribution in [0, 0.1) is 0 Å². The van der Waals surface area contributed by atoms with Crippen LogP contribution in [0.1, 0.15) is 12.5 Å². The average Bonchev–Trinajstić information content (AvgIpc) is 2.05. The Hall–Kier alpha value is -1.09. The second-order valence-corrected chi connectivity index (χ2v) is 3.12. The van der Waals surface area contributed by atoms with Crippen molar-refractivity contribution in [1.82, 2.24) is 0 Å². The van der Waals surface area contributed by atoms with Gasteiger partial charge in [0.05, 0.1) is 7.11 Å². The van der Waals surface area contributed by atoms with Crippen LogP contribution in [0.3, 0.4) is 0 Å². The Balaban J connectivity index is 3.17. The van der Waals surface area contributed by atoms with Crippen LogP contribution in [0.25, 0.3) is 0 Å². The van der Waals surface area contributed by atoms with E-state index in [1.165, 1.54) is 0 Å². The van der Waals surface area contributed by atoms with E-state index in [2.05, 4.69) is 0 Å². The lowest BCUT2D eigenvalue weighted by Crippen LogP contribution is -1.98. The summed E-state index contributed by atoms with van der Waals surface area (Å²) in [6.07, 6.45) is 0. The van der Waals surface area contributed by atoms with Gasteiger partial charge in [-0.15, -0.1) is 0 Å². The van der Waals surface area contributed by atoms with E-state index < -0.39 is 0 Å². The van der Waals surface area contributed by atoms with Crippen LogP contribution >= 0.6 is 12.2 Å². The van der Waals surface area contributed by atoms with Gasteiger partial charge >= 0.3 is 0 Å². The molecule has 1 aromatic carbocycles. The van der Waals surface area contributed by atoms with E-state index in [1.807, 2.05) is 19.1 Å². The number of anilines is 1. The second kappa shape index (κ2) is 3.54. The minimum absolute atomic E-state index is 0.698. The summed E-state index contributed by atoms with van der Waals surface area (Å²) in [5.74, 6) is 0.781. The van der Waals surface area contributed by atoms with Gasteiger partial charge in [0.2, 0.25) is 0 Å². The van der Waals surface area contributed by atoms with E-state index >= 15 is 0 Å². The second-order valence-electron chi connectivity index (χ2n) is 2.51. The van der Waals surface area contributed by atoms with Crippen molar-refractivity contribution in [3.63, 3.8) is 0 Å². The number of thiocarbonyl (C=S) groups is 1. The number of hydrogen-bond donors (Lipinski definition) is 1. The zero-order valence-electron chi connectivity index (χ0n) is 7.13. The summed E-state index contributed by atoms with van der Waals surface area (Å²) in [6, 6.07) is 5.46. The van der Waals surface area contributed by atoms with Crippen molar-refractivity contribution in [1.29, 1.82) is 0 Å². The maximum absolute atomic E-state index is 5.70. The molecule has 1 aromatic rings. The van der Waals surface area contributed by atoms with Gasteiger partial charge in [-0.2, -0.15) is 0 Å². The van der Waals surface area contributed by atoms with Crippen LogP contribution in [-0.4, -0.2) is 12.0 Å². The Kier molecular flexibility index (Phi) is 2.65. The van der Waals surface area contributed by atoms with E-state index in [4.69, 9.17) is 22.7 Å². The summed E-state index contributed by atoms with van der Waals surface area (Å²) in [5, 5.41) is 0. The molecule has 0 amide bonds. The van der Waals surface area contributed by atoms with Crippen molar-refractivity contribution < 1.29 is 4.74 Å². The monoisotopic (exact) mass is 181 g/mol. The summed E-state index contributed by atoms with van der Waals surface area (Å²) in [7, 11) is 1.62. The molecular formula is C9H11NOS. The Labute approximate surface area is 77.3 Å². The highest BCUT2D eigenvalue weighted by molar-refractivity contribution is 7.80. The van der Waals surface area contributed by atoms with E-state index in [-0.39, 0.29) is 0 Å². The van der Waals surface area contributed by atoms with Gasteiger partial charge in [0, 0.05) is 16.1 Å². The van der Waals surface area contributed by atoms with Crippen molar-refractivity contribution in [2.24, 2.45) is 0 Å². The molecule has 2 N–H and O–H groups in total. The SMILES string of the molecule is COc1ccc(N)c(C(C)=S)c1. The summed E-state index contributed by atoms with van der Waals surface area (Å²) in [5.41, 5.74) is 7.28. The lowest BCUT2D eigenvalue weighted by Gasteiger charge is -2.05. The van der Waals surface area contributed by atoms with Gasteiger partial charge in [-0.05, 0) is 25.1 Å². The molecule has 12 heavy (non-hydrogen) atoms. The van der Waals surface area contributed by atoms with Crippen molar-refractivity contribution in [2.45, 2.75) is 6.92 Å². The molecule has 0 aliphatic rings. The Bertz CT molecular complexity index is 309. The highest BCUT2D eigenvalue weighted by atomic mass is 32.1. The smallest absolute Gasteiger partial charge is 0.119 e. The number of ether oxygens (including phenoxy) is 1. The lowest BCUT2D eigenvalue weighted by atomic mass is 10.1. The zero-order chi connectivity index (χ0) is 9.14.